The van der Waals surface area contributed by atoms with Crippen LogP contribution in [0.5, 0.6) is 0 Å². The topological polar surface area (TPSA) is 52.7 Å². The van der Waals surface area contributed by atoms with Gasteiger partial charge >= 0.3 is 6.18 Å². The van der Waals surface area contributed by atoms with E-state index in [4.69, 9.17) is 0 Å². The van der Waals surface area contributed by atoms with Gasteiger partial charge in [0.25, 0.3) is 10.2 Å². The molecule has 2 aliphatic rings. The van der Waals surface area contributed by atoms with Crippen molar-refractivity contribution in [2.45, 2.75) is 37.9 Å². The zero-order valence-electron chi connectivity index (χ0n) is 12.1. The molecule has 1 heterocycles. The molecule has 0 aromatic carbocycles. The average Bonchev–Trinajstić information content (AvgIpc) is 3.19. The van der Waals surface area contributed by atoms with Crippen molar-refractivity contribution in [2.75, 3.05) is 33.2 Å². The molecule has 21 heavy (non-hydrogen) atoms. The van der Waals surface area contributed by atoms with Gasteiger partial charge in [-0.3, -0.25) is 0 Å². The van der Waals surface area contributed by atoms with Crippen LogP contribution in [0, 0.1) is 5.92 Å². The van der Waals surface area contributed by atoms with Gasteiger partial charge in [0.05, 0.1) is 0 Å². The van der Waals surface area contributed by atoms with Crippen LogP contribution in [0.15, 0.2) is 0 Å². The molecule has 9 heteroatoms. The molecule has 2 rings (SSSR count). The van der Waals surface area contributed by atoms with Gasteiger partial charge in [0.2, 0.25) is 0 Å². The Morgan fingerprint density at radius 2 is 1.76 bits per heavy atom. The van der Waals surface area contributed by atoms with Crippen molar-refractivity contribution in [2.24, 2.45) is 5.92 Å². The van der Waals surface area contributed by atoms with E-state index in [1.165, 1.54) is 12.8 Å². The molecule has 0 amide bonds. The minimum absolute atomic E-state index is 0.293. The van der Waals surface area contributed by atoms with Gasteiger partial charge in [-0.25, -0.2) is 0 Å². The van der Waals surface area contributed by atoms with Gasteiger partial charge in [0.1, 0.15) is 6.54 Å². The maximum atomic E-state index is 12.3. The van der Waals surface area contributed by atoms with Gasteiger partial charge in [-0.2, -0.15) is 30.2 Å². The Labute approximate surface area is 123 Å². The van der Waals surface area contributed by atoms with Crippen LogP contribution in [0.25, 0.3) is 0 Å². The number of piperidine rings is 1. The molecule has 1 saturated heterocycles. The van der Waals surface area contributed by atoms with E-state index in [0.29, 0.717) is 42.2 Å². The lowest BCUT2D eigenvalue weighted by Crippen LogP contribution is -2.48. The predicted molar refractivity (Wildman–Crippen MR) is 72.9 cm³/mol. The number of alkyl halides is 3. The SMILES string of the molecule is CN(CC(F)(F)F)S(=O)(=O)N1CCC(CNC2CC2)CC1. The second kappa shape index (κ2) is 6.39. The molecule has 5 nitrogen and oxygen atoms in total. The van der Waals surface area contributed by atoms with Crippen LogP contribution in [0.1, 0.15) is 25.7 Å². The van der Waals surface area contributed by atoms with E-state index in [1.54, 1.807) is 0 Å². The third kappa shape index (κ3) is 5.08. The number of nitrogens with zero attached hydrogens (tertiary/aromatic N) is 2. The van der Waals surface area contributed by atoms with Crippen LogP contribution in [0.3, 0.4) is 0 Å². The molecule has 1 aliphatic carbocycles. The Balaban J connectivity index is 1.81. The highest BCUT2D eigenvalue weighted by Crippen LogP contribution is 2.24. The summed E-state index contributed by atoms with van der Waals surface area (Å²) in [6, 6.07) is 0.615. The van der Waals surface area contributed by atoms with Crippen molar-refractivity contribution in [3.8, 4) is 0 Å². The highest BCUT2D eigenvalue weighted by atomic mass is 32.2. The van der Waals surface area contributed by atoms with Gasteiger partial charge in [-0.15, -0.1) is 0 Å². The lowest BCUT2D eigenvalue weighted by Gasteiger charge is -2.34. The summed E-state index contributed by atoms with van der Waals surface area (Å²) in [7, 11) is -3.04. The minimum Gasteiger partial charge on any atom is -0.314 e. The first-order chi connectivity index (χ1) is 9.68. The van der Waals surface area contributed by atoms with Crippen LogP contribution >= 0.6 is 0 Å². The van der Waals surface area contributed by atoms with Crippen LogP contribution in [0.2, 0.25) is 0 Å². The molecule has 0 aromatic heterocycles. The lowest BCUT2D eigenvalue weighted by atomic mass is 9.98. The highest BCUT2D eigenvalue weighted by molar-refractivity contribution is 7.86. The monoisotopic (exact) mass is 329 g/mol. The fourth-order valence-corrected chi connectivity index (χ4v) is 3.87. The Bertz CT molecular complexity index is 443. The van der Waals surface area contributed by atoms with Gasteiger partial charge in [0, 0.05) is 26.2 Å². The van der Waals surface area contributed by atoms with E-state index in [2.05, 4.69) is 5.32 Å². The molecular formula is C12H22F3N3O2S. The molecule has 124 valence electrons. The first-order valence-corrected chi connectivity index (χ1v) is 8.60. The summed E-state index contributed by atoms with van der Waals surface area (Å²) in [5.41, 5.74) is 0. The Morgan fingerprint density at radius 3 is 2.24 bits per heavy atom. The first-order valence-electron chi connectivity index (χ1n) is 7.20. The van der Waals surface area contributed by atoms with Gasteiger partial charge < -0.3 is 5.32 Å². The van der Waals surface area contributed by atoms with Crippen molar-refractivity contribution < 1.29 is 21.6 Å². The van der Waals surface area contributed by atoms with Crippen molar-refractivity contribution in [3.05, 3.63) is 0 Å². The van der Waals surface area contributed by atoms with E-state index in [9.17, 15) is 21.6 Å². The molecule has 0 spiro atoms. The van der Waals surface area contributed by atoms with Gasteiger partial charge in [0.15, 0.2) is 0 Å². The first kappa shape index (κ1) is 17.0. The van der Waals surface area contributed by atoms with Crippen LogP contribution in [0.4, 0.5) is 13.2 Å². The Kier molecular flexibility index (Phi) is 5.17. The third-order valence-corrected chi connectivity index (χ3v) is 5.90. The molecule has 1 N–H and O–H groups in total. The lowest BCUT2D eigenvalue weighted by molar-refractivity contribution is -0.134. The van der Waals surface area contributed by atoms with Crippen LogP contribution < -0.4 is 5.32 Å². The third-order valence-electron chi connectivity index (χ3n) is 3.97. The summed E-state index contributed by atoms with van der Waals surface area (Å²) in [4.78, 5) is 0. The second-order valence-corrected chi connectivity index (χ2v) is 7.94. The van der Waals surface area contributed by atoms with Gasteiger partial charge in [-0.1, -0.05) is 0 Å². The zero-order valence-corrected chi connectivity index (χ0v) is 12.9. The molecule has 0 aromatic rings. The predicted octanol–water partition coefficient (Wildman–Crippen LogP) is 1.19. The van der Waals surface area contributed by atoms with Crippen molar-refractivity contribution in [3.63, 3.8) is 0 Å². The molecular weight excluding hydrogens is 307 g/mol. The smallest absolute Gasteiger partial charge is 0.314 e. The number of rotatable bonds is 6. The Hall–Kier alpha value is -0.380. The molecule has 2 fully saturated rings. The number of nitrogens with one attached hydrogen (secondary N) is 1. The normalized spacial score (nSPS) is 22.9. The van der Waals surface area contributed by atoms with Crippen LogP contribution in [-0.4, -0.2) is 62.5 Å². The molecule has 0 radical (unpaired) electrons. The van der Waals surface area contributed by atoms with Crippen molar-refractivity contribution in [1.82, 2.24) is 13.9 Å². The molecule has 0 bridgehead atoms. The second-order valence-electron chi connectivity index (χ2n) is 5.90. The van der Waals surface area contributed by atoms with Gasteiger partial charge in [-0.05, 0) is 38.1 Å². The quantitative estimate of drug-likeness (QED) is 0.796. The number of hydrogen-bond donors (Lipinski definition) is 1. The molecule has 0 unspecified atom stereocenters. The Morgan fingerprint density at radius 1 is 1.19 bits per heavy atom. The van der Waals surface area contributed by atoms with E-state index in [1.807, 2.05) is 0 Å². The summed E-state index contributed by atoms with van der Waals surface area (Å²) in [6.45, 7) is 0.0124. The summed E-state index contributed by atoms with van der Waals surface area (Å²) >= 11 is 0. The molecule has 0 atom stereocenters. The van der Waals surface area contributed by atoms with E-state index < -0.39 is 22.9 Å². The number of hydrogen-bond acceptors (Lipinski definition) is 3. The van der Waals surface area contributed by atoms with Crippen molar-refractivity contribution in [1.29, 1.82) is 0 Å². The largest absolute Gasteiger partial charge is 0.402 e. The van der Waals surface area contributed by atoms with Crippen LogP contribution in [-0.2, 0) is 10.2 Å². The summed E-state index contributed by atoms with van der Waals surface area (Å²) in [5.74, 6) is 0.407. The summed E-state index contributed by atoms with van der Waals surface area (Å²) < 4.78 is 62.7. The fraction of sp³-hybridized carbons (Fsp3) is 1.00. The maximum Gasteiger partial charge on any atom is 0.402 e. The number of halogens is 3. The summed E-state index contributed by atoms with van der Waals surface area (Å²) in [5, 5.41) is 3.41. The van der Waals surface area contributed by atoms with Crippen molar-refractivity contribution >= 4 is 10.2 Å². The molecule has 1 saturated carbocycles. The summed E-state index contributed by atoms with van der Waals surface area (Å²) in [6.07, 6.45) is -0.725. The average molecular weight is 329 g/mol. The fourth-order valence-electron chi connectivity index (χ4n) is 2.50. The molecule has 1 aliphatic heterocycles. The zero-order chi connectivity index (χ0) is 15.7. The van der Waals surface area contributed by atoms with E-state index in [0.717, 1.165) is 17.9 Å². The highest BCUT2D eigenvalue weighted by Gasteiger charge is 2.38. The van der Waals surface area contributed by atoms with E-state index in [-0.39, 0.29) is 0 Å². The standard InChI is InChI=1S/C12H22F3N3O2S/c1-17(9-12(13,14)15)21(19,20)18-6-4-10(5-7-18)8-16-11-2-3-11/h10-11,16H,2-9H2,1H3. The maximum absolute atomic E-state index is 12.3. The minimum atomic E-state index is -4.52. The van der Waals surface area contributed by atoms with E-state index >= 15 is 0 Å².